The second-order valence-corrected chi connectivity index (χ2v) is 6.89. The summed E-state index contributed by atoms with van der Waals surface area (Å²) in [5, 5.41) is 5.69. The first kappa shape index (κ1) is 16.5. The molecule has 0 aliphatic carbocycles. The summed E-state index contributed by atoms with van der Waals surface area (Å²) in [7, 11) is 0. The van der Waals surface area contributed by atoms with Gasteiger partial charge in [-0.05, 0) is 36.6 Å². The number of thioether (sulfide) groups is 1. The van der Waals surface area contributed by atoms with Crippen LogP contribution in [0.5, 0.6) is 0 Å². The van der Waals surface area contributed by atoms with Crippen LogP contribution in [0.1, 0.15) is 18.4 Å². The Bertz CT molecular complexity index is 721. The molecule has 24 heavy (non-hydrogen) atoms. The number of carbonyl (C=O) groups is 2. The summed E-state index contributed by atoms with van der Waals surface area (Å²) in [4.78, 5) is 28.2. The molecule has 0 saturated heterocycles. The average molecular weight is 341 g/mol. The van der Waals surface area contributed by atoms with Crippen molar-refractivity contribution in [2.75, 3.05) is 16.4 Å². The Morgan fingerprint density at radius 1 is 1.25 bits per heavy atom. The van der Waals surface area contributed by atoms with E-state index in [1.807, 2.05) is 24.3 Å². The molecule has 1 aliphatic heterocycles. The summed E-state index contributed by atoms with van der Waals surface area (Å²) in [6, 6.07) is 11.4. The van der Waals surface area contributed by atoms with Gasteiger partial charge in [-0.25, -0.2) is 0 Å². The van der Waals surface area contributed by atoms with Crippen LogP contribution in [-0.2, 0) is 16.0 Å². The van der Waals surface area contributed by atoms with Crippen molar-refractivity contribution in [2.24, 2.45) is 0 Å². The van der Waals surface area contributed by atoms with Crippen LogP contribution >= 0.6 is 11.8 Å². The molecule has 1 aromatic carbocycles. The molecule has 1 aromatic heterocycles. The molecule has 0 radical (unpaired) electrons. The van der Waals surface area contributed by atoms with Gasteiger partial charge >= 0.3 is 0 Å². The number of aryl methyl sites for hydroxylation is 1. The van der Waals surface area contributed by atoms with Gasteiger partial charge in [-0.3, -0.25) is 14.6 Å². The number of amides is 2. The summed E-state index contributed by atoms with van der Waals surface area (Å²) >= 11 is 1.54. The highest BCUT2D eigenvalue weighted by atomic mass is 32.2. The molecule has 2 amide bonds. The molecule has 3 rings (SSSR count). The molecule has 5 nitrogen and oxygen atoms in total. The number of fused-ring (bicyclic) bond motifs is 1. The van der Waals surface area contributed by atoms with E-state index in [-0.39, 0.29) is 17.1 Å². The van der Waals surface area contributed by atoms with Crippen molar-refractivity contribution in [1.82, 2.24) is 4.98 Å². The van der Waals surface area contributed by atoms with Crippen molar-refractivity contribution in [3.63, 3.8) is 0 Å². The topological polar surface area (TPSA) is 71.1 Å². The number of benzene rings is 1. The number of carbonyl (C=O) groups excluding carboxylic acids is 2. The lowest BCUT2D eigenvalue weighted by Gasteiger charge is -2.12. The van der Waals surface area contributed by atoms with E-state index < -0.39 is 0 Å². The van der Waals surface area contributed by atoms with Gasteiger partial charge in [-0.1, -0.05) is 18.2 Å². The maximum atomic E-state index is 12.3. The third-order valence-electron chi connectivity index (χ3n) is 3.86. The SMILES string of the molecule is O=C(CCS[C@H]1CCc2ccccc2NC1=O)Nc1ccncc1. The zero-order chi connectivity index (χ0) is 16.8. The Morgan fingerprint density at radius 3 is 2.88 bits per heavy atom. The standard InChI is InChI=1S/C18H19N3O2S/c22-17(20-14-7-10-19-11-8-14)9-12-24-16-6-5-13-3-1-2-4-15(13)21-18(16)23/h1-4,7-8,10-11,16H,5-6,9,12H2,(H,21,23)(H,19,20,22)/t16-/m0/s1. The number of rotatable bonds is 5. The average Bonchev–Trinajstić information content (AvgIpc) is 2.75. The molecule has 1 atom stereocenters. The van der Waals surface area contributed by atoms with Crippen molar-refractivity contribution < 1.29 is 9.59 Å². The van der Waals surface area contributed by atoms with Crippen molar-refractivity contribution >= 4 is 35.0 Å². The largest absolute Gasteiger partial charge is 0.326 e. The summed E-state index contributed by atoms with van der Waals surface area (Å²) in [5.41, 5.74) is 2.81. The van der Waals surface area contributed by atoms with Crippen molar-refractivity contribution in [3.8, 4) is 0 Å². The van der Waals surface area contributed by atoms with E-state index in [2.05, 4.69) is 15.6 Å². The smallest absolute Gasteiger partial charge is 0.237 e. The third-order valence-corrected chi connectivity index (χ3v) is 5.15. The summed E-state index contributed by atoms with van der Waals surface area (Å²) in [6.07, 6.45) is 5.31. The minimum atomic E-state index is -0.119. The van der Waals surface area contributed by atoms with Gasteiger partial charge in [0.25, 0.3) is 0 Å². The highest BCUT2D eigenvalue weighted by Crippen LogP contribution is 2.27. The van der Waals surface area contributed by atoms with Crippen LogP contribution in [-0.4, -0.2) is 27.8 Å². The van der Waals surface area contributed by atoms with E-state index in [9.17, 15) is 9.59 Å². The molecule has 0 unspecified atom stereocenters. The van der Waals surface area contributed by atoms with Crippen LogP contribution in [0.15, 0.2) is 48.8 Å². The quantitative estimate of drug-likeness (QED) is 0.877. The molecular formula is C18H19N3O2S. The van der Waals surface area contributed by atoms with Gasteiger partial charge < -0.3 is 10.6 Å². The monoisotopic (exact) mass is 341 g/mol. The number of anilines is 2. The minimum Gasteiger partial charge on any atom is -0.326 e. The molecule has 1 aliphatic rings. The van der Waals surface area contributed by atoms with E-state index in [0.29, 0.717) is 12.2 Å². The molecule has 0 spiro atoms. The molecule has 2 aromatic rings. The Balaban J connectivity index is 1.47. The zero-order valence-corrected chi connectivity index (χ0v) is 14.0. The molecule has 0 fully saturated rings. The molecule has 6 heteroatoms. The third kappa shape index (κ3) is 4.35. The number of hydrogen-bond acceptors (Lipinski definition) is 4. The van der Waals surface area contributed by atoms with Gasteiger partial charge in [0.1, 0.15) is 0 Å². The van der Waals surface area contributed by atoms with Crippen LogP contribution in [0, 0.1) is 0 Å². The fraction of sp³-hybridized carbons (Fsp3) is 0.278. The lowest BCUT2D eigenvalue weighted by molar-refractivity contribution is -0.116. The van der Waals surface area contributed by atoms with Crippen LogP contribution in [0.3, 0.4) is 0 Å². The normalized spacial score (nSPS) is 16.7. The number of nitrogens with zero attached hydrogens (tertiary/aromatic N) is 1. The Kier molecular flexibility index (Phi) is 5.48. The van der Waals surface area contributed by atoms with E-state index in [4.69, 9.17) is 0 Å². The predicted molar refractivity (Wildman–Crippen MR) is 97.1 cm³/mol. The van der Waals surface area contributed by atoms with E-state index in [1.54, 1.807) is 36.3 Å². The Hall–Kier alpha value is -2.34. The van der Waals surface area contributed by atoms with Crippen molar-refractivity contribution in [1.29, 1.82) is 0 Å². The van der Waals surface area contributed by atoms with Gasteiger partial charge in [-0.2, -0.15) is 0 Å². The van der Waals surface area contributed by atoms with E-state index in [0.717, 1.165) is 24.2 Å². The fourth-order valence-corrected chi connectivity index (χ4v) is 3.69. The molecule has 0 saturated carbocycles. The van der Waals surface area contributed by atoms with Crippen molar-refractivity contribution in [3.05, 3.63) is 54.4 Å². The van der Waals surface area contributed by atoms with Gasteiger partial charge in [0, 0.05) is 35.9 Å². The summed E-state index contributed by atoms with van der Waals surface area (Å²) < 4.78 is 0. The van der Waals surface area contributed by atoms with Crippen LogP contribution in [0.4, 0.5) is 11.4 Å². The second-order valence-electron chi connectivity index (χ2n) is 5.58. The fourth-order valence-electron chi connectivity index (χ4n) is 2.60. The first-order valence-electron chi connectivity index (χ1n) is 7.92. The van der Waals surface area contributed by atoms with Crippen LogP contribution in [0.2, 0.25) is 0 Å². The molecular weight excluding hydrogens is 322 g/mol. The van der Waals surface area contributed by atoms with E-state index >= 15 is 0 Å². The lowest BCUT2D eigenvalue weighted by Crippen LogP contribution is -2.24. The Labute approximate surface area is 145 Å². The number of nitrogens with one attached hydrogen (secondary N) is 2. The first-order chi connectivity index (χ1) is 11.7. The molecule has 2 heterocycles. The predicted octanol–water partition coefficient (Wildman–Crippen LogP) is 3.10. The van der Waals surface area contributed by atoms with Gasteiger partial charge in [-0.15, -0.1) is 11.8 Å². The van der Waals surface area contributed by atoms with Gasteiger partial charge in [0.15, 0.2) is 0 Å². The summed E-state index contributed by atoms with van der Waals surface area (Å²) in [6.45, 7) is 0. The van der Waals surface area contributed by atoms with Crippen LogP contribution in [0.25, 0.3) is 0 Å². The minimum absolute atomic E-state index is 0.0273. The zero-order valence-electron chi connectivity index (χ0n) is 13.2. The van der Waals surface area contributed by atoms with Gasteiger partial charge in [0.05, 0.1) is 5.25 Å². The van der Waals surface area contributed by atoms with E-state index in [1.165, 1.54) is 5.56 Å². The van der Waals surface area contributed by atoms with Crippen molar-refractivity contribution in [2.45, 2.75) is 24.5 Å². The molecule has 124 valence electrons. The van der Waals surface area contributed by atoms with Crippen LogP contribution < -0.4 is 10.6 Å². The lowest BCUT2D eigenvalue weighted by atomic mass is 10.1. The number of pyridine rings is 1. The number of hydrogen-bond donors (Lipinski definition) is 2. The maximum Gasteiger partial charge on any atom is 0.237 e. The second kappa shape index (κ2) is 7.97. The number of aromatic nitrogens is 1. The highest BCUT2D eigenvalue weighted by molar-refractivity contribution is 8.00. The van der Waals surface area contributed by atoms with Gasteiger partial charge in [0.2, 0.25) is 11.8 Å². The highest BCUT2D eigenvalue weighted by Gasteiger charge is 2.23. The maximum absolute atomic E-state index is 12.3. The summed E-state index contributed by atoms with van der Waals surface area (Å²) in [5.74, 6) is 0.594. The molecule has 2 N–H and O–H groups in total. The Morgan fingerprint density at radius 2 is 2.04 bits per heavy atom. The first-order valence-corrected chi connectivity index (χ1v) is 8.97. The number of para-hydroxylation sites is 1. The molecule has 0 bridgehead atoms.